The summed E-state index contributed by atoms with van der Waals surface area (Å²) in [5.74, 6) is -3.82. The minimum Gasteiger partial charge on any atom is -0.464 e. The Bertz CT molecular complexity index is 609. The minimum absolute atomic E-state index is 0.000561. The number of hydrogen-bond acceptors (Lipinski definition) is 3. The van der Waals surface area contributed by atoms with Gasteiger partial charge in [0.05, 0.1) is 19.3 Å². The van der Waals surface area contributed by atoms with Gasteiger partial charge in [0.15, 0.2) is 0 Å². The van der Waals surface area contributed by atoms with Crippen LogP contribution in [-0.4, -0.2) is 17.6 Å². The Morgan fingerprint density at radius 2 is 2.00 bits per heavy atom. The molecule has 20 heavy (non-hydrogen) atoms. The van der Waals surface area contributed by atoms with Crippen LogP contribution >= 0.6 is 0 Å². The Morgan fingerprint density at radius 3 is 2.60 bits per heavy atom. The molecule has 106 valence electrons. The smallest absolute Gasteiger partial charge is 0.354 e. The van der Waals surface area contributed by atoms with Gasteiger partial charge in [-0.15, -0.1) is 0 Å². The van der Waals surface area contributed by atoms with Gasteiger partial charge in [-0.2, -0.15) is 8.78 Å². The van der Waals surface area contributed by atoms with Crippen LogP contribution in [0.15, 0.2) is 42.6 Å². The van der Waals surface area contributed by atoms with E-state index in [0.29, 0.717) is 0 Å². The second-order valence-corrected chi connectivity index (χ2v) is 4.35. The third-order valence-electron chi connectivity index (χ3n) is 2.88. The average Bonchev–Trinajstić information content (AvgIpc) is 2.79. The van der Waals surface area contributed by atoms with E-state index in [4.69, 9.17) is 5.73 Å². The van der Waals surface area contributed by atoms with Crippen LogP contribution in [0.25, 0.3) is 0 Å². The number of ether oxygens (including phenoxy) is 1. The number of aromatic nitrogens is 1. The molecule has 0 amide bonds. The van der Waals surface area contributed by atoms with Crippen molar-refractivity contribution in [2.24, 2.45) is 0 Å². The van der Waals surface area contributed by atoms with Crippen molar-refractivity contribution in [3.63, 3.8) is 0 Å². The molecular formula is C14H14F2N2O2. The lowest BCUT2D eigenvalue weighted by atomic mass is 10.1. The van der Waals surface area contributed by atoms with E-state index >= 15 is 0 Å². The quantitative estimate of drug-likeness (QED) is 0.876. The number of methoxy groups -OCH3 is 1. The number of carbonyl (C=O) groups excluding carboxylic acids is 1. The molecule has 6 heteroatoms. The van der Waals surface area contributed by atoms with Gasteiger partial charge in [-0.1, -0.05) is 30.3 Å². The molecule has 1 aromatic heterocycles. The van der Waals surface area contributed by atoms with E-state index in [1.54, 1.807) is 6.07 Å². The molecular weight excluding hydrogens is 266 g/mol. The molecule has 0 aliphatic carbocycles. The van der Waals surface area contributed by atoms with Gasteiger partial charge in [-0.05, 0) is 6.07 Å². The van der Waals surface area contributed by atoms with Crippen molar-refractivity contribution < 1.29 is 18.3 Å². The van der Waals surface area contributed by atoms with Gasteiger partial charge < -0.3 is 15.0 Å². The van der Waals surface area contributed by atoms with Crippen LogP contribution in [0.2, 0.25) is 0 Å². The molecule has 0 atom stereocenters. The predicted molar refractivity (Wildman–Crippen MR) is 70.5 cm³/mol. The van der Waals surface area contributed by atoms with E-state index in [1.165, 1.54) is 43.6 Å². The summed E-state index contributed by atoms with van der Waals surface area (Å²) in [7, 11) is 1.19. The molecule has 0 aliphatic rings. The maximum Gasteiger partial charge on any atom is 0.354 e. The first kappa shape index (κ1) is 14.0. The maximum absolute atomic E-state index is 14.2. The third-order valence-corrected chi connectivity index (χ3v) is 2.88. The van der Waals surface area contributed by atoms with E-state index in [-0.39, 0.29) is 16.9 Å². The zero-order valence-electron chi connectivity index (χ0n) is 10.8. The molecule has 0 unspecified atom stereocenters. The first-order valence-corrected chi connectivity index (χ1v) is 5.91. The summed E-state index contributed by atoms with van der Waals surface area (Å²) in [6.45, 7) is -0.682. The van der Waals surface area contributed by atoms with Crippen LogP contribution in [0.3, 0.4) is 0 Å². The minimum atomic E-state index is -3.12. The Morgan fingerprint density at radius 1 is 1.35 bits per heavy atom. The van der Waals surface area contributed by atoms with E-state index in [0.717, 1.165) is 4.57 Å². The number of anilines is 1. The van der Waals surface area contributed by atoms with Crippen LogP contribution < -0.4 is 5.73 Å². The molecule has 0 spiro atoms. The highest BCUT2D eigenvalue weighted by atomic mass is 19.3. The van der Waals surface area contributed by atoms with Gasteiger partial charge in [-0.25, -0.2) is 4.79 Å². The van der Waals surface area contributed by atoms with Gasteiger partial charge in [0.25, 0.3) is 5.92 Å². The second kappa shape index (κ2) is 5.32. The number of esters is 1. The number of benzene rings is 1. The van der Waals surface area contributed by atoms with Crippen molar-refractivity contribution in [1.82, 2.24) is 4.57 Å². The highest BCUT2D eigenvalue weighted by molar-refractivity contribution is 5.88. The molecule has 1 heterocycles. The lowest BCUT2D eigenvalue weighted by Crippen LogP contribution is -2.23. The monoisotopic (exact) mass is 280 g/mol. The number of hydrogen-bond donors (Lipinski definition) is 1. The summed E-state index contributed by atoms with van der Waals surface area (Å²) in [6.07, 6.45) is 1.29. The van der Waals surface area contributed by atoms with Gasteiger partial charge in [0.2, 0.25) is 0 Å². The van der Waals surface area contributed by atoms with Crippen molar-refractivity contribution in [2.45, 2.75) is 12.5 Å². The van der Waals surface area contributed by atoms with Gasteiger partial charge in [0.1, 0.15) is 5.69 Å². The molecule has 4 nitrogen and oxygen atoms in total. The summed E-state index contributed by atoms with van der Waals surface area (Å²) in [5, 5.41) is 0. The number of halogens is 2. The maximum atomic E-state index is 14.2. The summed E-state index contributed by atoms with van der Waals surface area (Å²) in [4.78, 5) is 11.5. The number of nitrogens with two attached hydrogens (primary N) is 1. The van der Waals surface area contributed by atoms with Crippen molar-refractivity contribution in [1.29, 1.82) is 0 Å². The molecule has 0 saturated carbocycles. The lowest BCUT2D eigenvalue weighted by molar-refractivity contribution is -0.0228. The number of alkyl halides is 2. The van der Waals surface area contributed by atoms with E-state index in [9.17, 15) is 13.6 Å². The van der Waals surface area contributed by atoms with Crippen molar-refractivity contribution in [3.05, 3.63) is 53.9 Å². The molecule has 0 bridgehead atoms. The second-order valence-electron chi connectivity index (χ2n) is 4.35. The highest BCUT2D eigenvalue weighted by Gasteiger charge is 2.33. The van der Waals surface area contributed by atoms with Gasteiger partial charge in [0, 0.05) is 11.8 Å². The Labute approximate surface area is 114 Å². The Hall–Kier alpha value is -2.37. The van der Waals surface area contributed by atoms with Crippen molar-refractivity contribution >= 4 is 11.7 Å². The SMILES string of the molecule is COC(=O)c1cc(N)cn1CC(F)(F)c1ccccc1. The van der Waals surface area contributed by atoms with Crippen LogP contribution in [-0.2, 0) is 17.2 Å². The first-order valence-electron chi connectivity index (χ1n) is 5.91. The number of nitrogens with zero attached hydrogens (tertiary/aromatic N) is 1. The van der Waals surface area contributed by atoms with E-state index in [1.807, 2.05) is 0 Å². The third kappa shape index (κ3) is 2.79. The fourth-order valence-electron chi connectivity index (χ4n) is 1.93. The molecule has 2 N–H and O–H groups in total. The van der Waals surface area contributed by atoms with Crippen molar-refractivity contribution in [3.8, 4) is 0 Å². The summed E-state index contributed by atoms with van der Waals surface area (Å²) < 4.78 is 34.0. The summed E-state index contributed by atoms with van der Waals surface area (Å²) >= 11 is 0. The molecule has 2 aromatic rings. The summed E-state index contributed by atoms with van der Waals surface area (Å²) in [5.41, 5.74) is 5.67. The Balaban J connectivity index is 2.32. The average molecular weight is 280 g/mol. The Kier molecular flexibility index (Phi) is 3.74. The molecule has 0 saturated heterocycles. The zero-order valence-corrected chi connectivity index (χ0v) is 10.8. The molecule has 2 rings (SSSR count). The largest absolute Gasteiger partial charge is 0.464 e. The number of carbonyl (C=O) groups is 1. The predicted octanol–water partition coefficient (Wildman–Crippen LogP) is 2.65. The summed E-state index contributed by atoms with van der Waals surface area (Å²) in [6, 6.07) is 8.72. The normalized spacial score (nSPS) is 11.3. The standard InChI is InChI=1S/C14H14F2N2O2/c1-20-13(19)12-7-11(17)8-18(12)9-14(15,16)10-5-3-2-4-6-10/h2-8H,9,17H2,1H3. The number of nitrogen functional groups attached to an aromatic ring is 1. The first-order chi connectivity index (χ1) is 9.44. The fraction of sp³-hybridized carbons (Fsp3) is 0.214. The van der Waals surface area contributed by atoms with Crippen molar-refractivity contribution in [2.75, 3.05) is 12.8 Å². The highest BCUT2D eigenvalue weighted by Crippen LogP contribution is 2.30. The molecule has 0 radical (unpaired) electrons. The topological polar surface area (TPSA) is 57.2 Å². The van der Waals surface area contributed by atoms with Crippen LogP contribution in [0, 0.1) is 0 Å². The van der Waals surface area contributed by atoms with Gasteiger partial charge >= 0.3 is 5.97 Å². The number of rotatable bonds is 4. The van der Waals surface area contributed by atoms with Crippen LogP contribution in [0.1, 0.15) is 16.1 Å². The fourth-order valence-corrected chi connectivity index (χ4v) is 1.93. The van der Waals surface area contributed by atoms with E-state index < -0.39 is 18.4 Å². The molecule has 0 fully saturated rings. The lowest BCUT2D eigenvalue weighted by Gasteiger charge is -2.18. The zero-order chi connectivity index (χ0) is 14.8. The van der Waals surface area contributed by atoms with E-state index in [2.05, 4.69) is 4.74 Å². The van der Waals surface area contributed by atoms with Crippen LogP contribution in [0.5, 0.6) is 0 Å². The molecule has 0 aliphatic heterocycles. The van der Waals surface area contributed by atoms with Gasteiger partial charge in [-0.3, -0.25) is 0 Å². The molecule has 1 aromatic carbocycles. The van der Waals surface area contributed by atoms with Crippen LogP contribution in [0.4, 0.5) is 14.5 Å².